The molecule has 3 atom stereocenters. The summed E-state index contributed by atoms with van der Waals surface area (Å²) in [6.45, 7) is 5.86. The number of fused-ring (bicyclic) bond motifs is 9. The van der Waals surface area contributed by atoms with E-state index in [-0.39, 0.29) is 96.5 Å². The number of Topliss-reactive ketones (excluding diaryl/α,β-unsaturated/α-hetero) is 6. The van der Waals surface area contributed by atoms with E-state index in [1.165, 1.54) is 12.8 Å². The van der Waals surface area contributed by atoms with Crippen molar-refractivity contribution in [1.29, 1.82) is 0 Å². The number of carbonyl (C=O) groups excluding carboxylic acids is 6. The standard InChI is InChI=1S/2C25H27NO5.C19H18N2O4.2ClH/c2*27-18-4-6-21(22(28)15-18)25-24-20-7-5-19(14-17(20)3-8-23(24)31-26-25)30-11-1-2-16-9-12-29-13-10-16;20-7-8-24-13-3-5-14-11(9-13)1-6-17-18(14)19(21-25-17)15-4-2-12(22)10-16(15)23;;/h2*3,5,7-8,14,16,21H,1-2,4,6,9-13,15H2;1,3,5-6,9,15H,2,4,7-8,10,20H2;2*1H. The largest absolute Gasteiger partial charge is 0.494 e. The molecule has 0 amide bonds. The van der Waals surface area contributed by atoms with Gasteiger partial charge in [0.25, 0.3) is 0 Å². The van der Waals surface area contributed by atoms with Gasteiger partial charge in [-0.15, -0.1) is 24.8 Å². The predicted octanol–water partition coefficient (Wildman–Crippen LogP) is 13.5. The summed E-state index contributed by atoms with van der Waals surface area (Å²) in [5.41, 5.74) is 9.39. The molecule has 14 rings (SSSR count). The van der Waals surface area contributed by atoms with Crippen LogP contribution in [0.3, 0.4) is 0 Å². The molecule has 3 aromatic heterocycles. The number of nitrogens with zero attached hydrogens (tertiary/aromatic N) is 3. The molecule has 2 N–H and O–H groups in total. The van der Waals surface area contributed by atoms with E-state index in [2.05, 4.69) is 15.5 Å². The monoisotopic (exact) mass is 1250 g/mol. The molecule has 18 nitrogen and oxygen atoms in total. The molecule has 3 aliphatic carbocycles. The molecule has 3 saturated carbocycles. The van der Waals surface area contributed by atoms with Gasteiger partial charge in [0, 0.05) is 52.2 Å². The highest BCUT2D eigenvalue weighted by molar-refractivity contribution is 6.14. The van der Waals surface area contributed by atoms with E-state index in [1.807, 2.05) is 91.0 Å². The second kappa shape index (κ2) is 29.8. The Balaban J connectivity index is 0.000000147. The Hall–Kier alpha value is -7.61. The van der Waals surface area contributed by atoms with Gasteiger partial charge in [0.2, 0.25) is 0 Å². The van der Waals surface area contributed by atoms with Crippen LogP contribution in [0.15, 0.2) is 105 Å². The van der Waals surface area contributed by atoms with Crippen LogP contribution in [0.2, 0.25) is 0 Å². The molecule has 468 valence electrons. The van der Waals surface area contributed by atoms with Crippen LogP contribution in [0.1, 0.15) is 144 Å². The Morgan fingerprint density at radius 2 is 0.742 bits per heavy atom. The lowest BCUT2D eigenvalue weighted by molar-refractivity contribution is -0.132. The molecule has 0 spiro atoms. The molecule has 5 fully saturated rings. The molecule has 3 unspecified atom stereocenters. The molecule has 2 saturated heterocycles. The maximum atomic E-state index is 12.5. The van der Waals surface area contributed by atoms with Gasteiger partial charge in [-0.1, -0.05) is 33.7 Å². The molecule has 20 heteroatoms. The van der Waals surface area contributed by atoms with E-state index in [9.17, 15) is 28.8 Å². The Kier molecular flexibility index (Phi) is 21.6. The van der Waals surface area contributed by atoms with Crippen LogP contribution in [0.25, 0.3) is 65.2 Å². The minimum atomic E-state index is -0.377. The highest BCUT2D eigenvalue weighted by Crippen LogP contribution is 2.41. The highest BCUT2D eigenvalue weighted by Gasteiger charge is 2.35. The fourth-order valence-corrected chi connectivity index (χ4v) is 13.2. The summed E-state index contributed by atoms with van der Waals surface area (Å²) in [6.07, 6.45) is 11.8. The number of aromatic nitrogens is 3. The van der Waals surface area contributed by atoms with Gasteiger partial charge >= 0.3 is 0 Å². The van der Waals surface area contributed by atoms with Crippen molar-refractivity contribution in [2.75, 3.05) is 52.8 Å². The summed E-state index contributed by atoms with van der Waals surface area (Å²) in [4.78, 5) is 72.0. The first-order valence-electron chi connectivity index (χ1n) is 30.9. The number of halogens is 2. The van der Waals surface area contributed by atoms with Gasteiger partial charge in [-0.25, -0.2) is 0 Å². The minimum Gasteiger partial charge on any atom is -0.494 e. The fourth-order valence-electron chi connectivity index (χ4n) is 13.2. The minimum absolute atomic E-state index is 0. The van der Waals surface area contributed by atoms with E-state index in [0.717, 1.165) is 143 Å². The van der Waals surface area contributed by atoms with Crippen LogP contribution in [0.5, 0.6) is 17.2 Å². The SMILES string of the molecule is Cl.Cl.NCCOc1ccc2c(ccc3onc(C4CCC(=O)CC4=O)c32)c1.O=C1CCC(c2noc3ccc4cc(OCCCC5CCOCC5)ccc4c23)C(=O)C1.O=C1CCC(c2noc3ccc4cc(OCCCC5CCOCC5)ccc4c23)C(=O)C1. The number of rotatable bonds is 16. The quantitative estimate of drug-likeness (QED) is 0.0697. The van der Waals surface area contributed by atoms with Crippen molar-refractivity contribution in [3.63, 3.8) is 0 Å². The smallest absolute Gasteiger partial charge is 0.167 e. The lowest BCUT2D eigenvalue weighted by Crippen LogP contribution is -2.23. The molecule has 5 aliphatic rings. The summed E-state index contributed by atoms with van der Waals surface area (Å²) >= 11 is 0. The summed E-state index contributed by atoms with van der Waals surface area (Å²) in [5.74, 6) is 2.65. The van der Waals surface area contributed by atoms with Crippen molar-refractivity contribution in [2.24, 2.45) is 17.6 Å². The zero-order valence-corrected chi connectivity index (χ0v) is 51.3. The van der Waals surface area contributed by atoms with Crippen LogP contribution in [0, 0.1) is 11.8 Å². The third-order valence-electron chi connectivity index (χ3n) is 17.9. The molecule has 2 aliphatic heterocycles. The third kappa shape index (κ3) is 14.8. The highest BCUT2D eigenvalue weighted by atomic mass is 35.5. The average molecular weight is 1250 g/mol. The Morgan fingerprint density at radius 3 is 1.06 bits per heavy atom. The summed E-state index contributed by atoms with van der Waals surface area (Å²) < 4.78 is 44.9. The van der Waals surface area contributed by atoms with E-state index in [1.54, 1.807) is 0 Å². The van der Waals surface area contributed by atoms with Crippen molar-refractivity contribution in [3.8, 4) is 17.2 Å². The lowest BCUT2D eigenvalue weighted by atomic mass is 9.83. The Labute approximate surface area is 526 Å². The Bertz CT molecular complexity index is 3850. The first kappa shape index (κ1) is 64.4. The van der Waals surface area contributed by atoms with Crippen LogP contribution in [0.4, 0.5) is 0 Å². The summed E-state index contributed by atoms with van der Waals surface area (Å²) in [5, 5.41) is 21.2. The van der Waals surface area contributed by atoms with Crippen LogP contribution < -0.4 is 19.9 Å². The molecule has 6 aromatic carbocycles. The van der Waals surface area contributed by atoms with Crippen molar-refractivity contribution in [1.82, 2.24) is 15.5 Å². The number of ketones is 6. The van der Waals surface area contributed by atoms with Gasteiger partial charge in [0.15, 0.2) is 16.7 Å². The fraction of sp³-hybridized carbons (Fsp3) is 0.435. The number of hydrogen-bond acceptors (Lipinski definition) is 18. The number of carbonyl (C=O) groups is 6. The molecule has 0 bridgehead atoms. The topological polar surface area (TPSA) is 253 Å². The molecule has 9 aromatic rings. The molecule has 89 heavy (non-hydrogen) atoms. The van der Waals surface area contributed by atoms with Crippen LogP contribution in [-0.2, 0) is 38.2 Å². The maximum Gasteiger partial charge on any atom is 0.167 e. The van der Waals surface area contributed by atoms with Crippen molar-refractivity contribution in [3.05, 3.63) is 108 Å². The average Bonchev–Trinajstić information content (AvgIpc) is 2.18. The molecule has 5 heterocycles. The molecular formula is C69H74Cl2N4O14. The first-order chi connectivity index (χ1) is 42.5. The van der Waals surface area contributed by atoms with E-state index >= 15 is 0 Å². The van der Waals surface area contributed by atoms with E-state index in [0.29, 0.717) is 98.7 Å². The summed E-state index contributed by atoms with van der Waals surface area (Å²) in [6, 6.07) is 29.4. The third-order valence-corrected chi connectivity index (χ3v) is 17.9. The van der Waals surface area contributed by atoms with Gasteiger partial charge in [-0.2, -0.15) is 0 Å². The molecule has 0 radical (unpaired) electrons. The number of nitrogens with two attached hydrogens (primary N) is 1. The first-order valence-corrected chi connectivity index (χ1v) is 30.9. The van der Waals surface area contributed by atoms with Gasteiger partial charge in [0.05, 0.1) is 66.4 Å². The number of hydrogen-bond donors (Lipinski definition) is 1. The van der Waals surface area contributed by atoms with Gasteiger partial charge in [-0.05, 0) is 188 Å². The number of benzene rings is 6. The predicted molar refractivity (Wildman–Crippen MR) is 340 cm³/mol. The van der Waals surface area contributed by atoms with E-state index in [4.69, 9.17) is 43.0 Å². The van der Waals surface area contributed by atoms with Crippen LogP contribution >= 0.6 is 24.8 Å². The van der Waals surface area contributed by atoms with Crippen molar-refractivity contribution < 1.29 is 66.0 Å². The van der Waals surface area contributed by atoms with Gasteiger partial charge in [0.1, 0.15) is 75.6 Å². The maximum absolute atomic E-state index is 12.5. The zero-order valence-electron chi connectivity index (χ0n) is 49.7. The van der Waals surface area contributed by atoms with Gasteiger partial charge < -0.3 is 43.0 Å². The zero-order chi connectivity index (χ0) is 59.8. The van der Waals surface area contributed by atoms with Crippen molar-refractivity contribution in [2.45, 2.75) is 127 Å². The van der Waals surface area contributed by atoms with Crippen LogP contribution in [-0.4, -0.2) is 103 Å². The normalized spacial score (nSPS) is 19.4. The Morgan fingerprint density at radius 1 is 0.416 bits per heavy atom. The summed E-state index contributed by atoms with van der Waals surface area (Å²) in [7, 11) is 0. The second-order valence-corrected chi connectivity index (χ2v) is 23.7. The molecular weight excluding hydrogens is 1180 g/mol. The van der Waals surface area contributed by atoms with Crippen molar-refractivity contribution >= 4 is 125 Å². The number of ether oxygens (including phenoxy) is 5. The second-order valence-electron chi connectivity index (χ2n) is 23.7. The van der Waals surface area contributed by atoms with Gasteiger partial charge in [-0.3, -0.25) is 28.8 Å². The van der Waals surface area contributed by atoms with E-state index < -0.39 is 0 Å². The lowest BCUT2D eigenvalue weighted by Gasteiger charge is -2.21.